The van der Waals surface area contributed by atoms with Gasteiger partial charge >= 0.3 is 0 Å². The molecular weight excluding hydrogens is 180 g/mol. The Labute approximate surface area is 97.8 Å². The molecule has 92 valence electrons. The van der Waals surface area contributed by atoms with Gasteiger partial charge in [-0.3, -0.25) is 0 Å². The maximum atomic E-state index is 2.49. The molecule has 0 aromatic carbocycles. The van der Waals surface area contributed by atoms with Crippen LogP contribution in [0.15, 0.2) is 0 Å². The fourth-order valence-electron chi connectivity index (χ4n) is 3.20. The lowest BCUT2D eigenvalue weighted by Gasteiger charge is -2.56. The largest absolute Gasteiger partial charge is 0.0651 e. The first kappa shape index (κ1) is 15.0. The van der Waals surface area contributed by atoms with Gasteiger partial charge in [0.2, 0.25) is 0 Å². The van der Waals surface area contributed by atoms with Gasteiger partial charge in [-0.05, 0) is 22.2 Å². The zero-order chi connectivity index (χ0) is 12.5. The van der Waals surface area contributed by atoms with E-state index >= 15 is 0 Å². The monoisotopic (exact) mass is 212 g/mol. The van der Waals surface area contributed by atoms with Gasteiger partial charge in [0.15, 0.2) is 0 Å². The van der Waals surface area contributed by atoms with Crippen molar-refractivity contribution >= 4 is 0 Å². The molecule has 0 aromatic heterocycles. The van der Waals surface area contributed by atoms with Crippen LogP contribution in [0.2, 0.25) is 0 Å². The fourth-order valence-corrected chi connectivity index (χ4v) is 3.20. The number of rotatable bonds is 4. The second-order valence-electron chi connectivity index (χ2n) is 7.00. The molecule has 2 unspecified atom stereocenters. The molecule has 2 atom stereocenters. The lowest BCUT2D eigenvalue weighted by Crippen LogP contribution is -2.49. The third-order valence-electron chi connectivity index (χ3n) is 5.45. The molecule has 0 heterocycles. The smallest absolute Gasteiger partial charge is 0.0201 e. The lowest BCUT2D eigenvalue weighted by molar-refractivity contribution is -0.0760. The first-order valence-corrected chi connectivity index (χ1v) is 6.54. The molecular formula is C15H32. The summed E-state index contributed by atoms with van der Waals surface area (Å²) in [5.41, 5.74) is 1.16. The molecule has 0 fully saturated rings. The first-order valence-electron chi connectivity index (χ1n) is 6.54. The molecule has 0 saturated heterocycles. The predicted molar refractivity (Wildman–Crippen MR) is 71.1 cm³/mol. The Bertz CT molecular complexity index is 195. The summed E-state index contributed by atoms with van der Waals surface area (Å²) in [6.07, 6.45) is 2.53. The summed E-state index contributed by atoms with van der Waals surface area (Å²) >= 11 is 0. The minimum Gasteiger partial charge on any atom is -0.0651 e. The van der Waals surface area contributed by atoms with E-state index in [9.17, 15) is 0 Å². The molecule has 0 aliphatic heterocycles. The summed E-state index contributed by atoms with van der Waals surface area (Å²) in [5.74, 6) is 0.771. The van der Waals surface area contributed by atoms with Crippen molar-refractivity contribution in [2.24, 2.45) is 22.2 Å². The topological polar surface area (TPSA) is 0 Å². The van der Waals surface area contributed by atoms with Crippen molar-refractivity contribution in [1.82, 2.24) is 0 Å². The average molecular weight is 212 g/mol. The van der Waals surface area contributed by atoms with Crippen molar-refractivity contribution in [2.45, 2.75) is 75.2 Å². The molecule has 0 aliphatic rings. The third kappa shape index (κ3) is 2.40. The second-order valence-corrected chi connectivity index (χ2v) is 7.00. The highest BCUT2D eigenvalue weighted by molar-refractivity contribution is 4.99. The van der Waals surface area contributed by atoms with Crippen LogP contribution in [0.1, 0.15) is 75.2 Å². The minimum atomic E-state index is 0.363. The van der Waals surface area contributed by atoms with E-state index in [4.69, 9.17) is 0 Å². The normalized spacial score (nSPS) is 19.8. The zero-order valence-corrected chi connectivity index (χ0v) is 12.5. The van der Waals surface area contributed by atoms with Crippen molar-refractivity contribution in [3.05, 3.63) is 0 Å². The van der Waals surface area contributed by atoms with E-state index in [1.807, 2.05) is 0 Å². The van der Waals surface area contributed by atoms with E-state index in [1.54, 1.807) is 0 Å². The summed E-state index contributed by atoms with van der Waals surface area (Å²) in [7, 11) is 0. The predicted octanol–water partition coefficient (Wildman–Crippen LogP) is 5.52. The number of hydrogen-bond acceptors (Lipinski definition) is 0. The first-order chi connectivity index (χ1) is 6.54. The molecule has 0 heteroatoms. The van der Waals surface area contributed by atoms with Gasteiger partial charge in [-0.2, -0.15) is 0 Å². The van der Waals surface area contributed by atoms with E-state index in [1.165, 1.54) is 12.8 Å². The van der Waals surface area contributed by atoms with Gasteiger partial charge in [-0.15, -0.1) is 0 Å². The summed E-state index contributed by atoms with van der Waals surface area (Å²) in [6.45, 7) is 21.6. The van der Waals surface area contributed by atoms with E-state index in [-0.39, 0.29) is 0 Å². The molecule has 0 radical (unpaired) electrons. The highest BCUT2D eigenvalue weighted by Crippen LogP contribution is 2.58. The zero-order valence-electron chi connectivity index (χ0n) is 12.5. The van der Waals surface area contributed by atoms with Crippen LogP contribution >= 0.6 is 0 Å². The maximum Gasteiger partial charge on any atom is -0.0201 e. The van der Waals surface area contributed by atoms with E-state index in [0.29, 0.717) is 16.2 Å². The van der Waals surface area contributed by atoms with Crippen LogP contribution in [-0.2, 0) is 0 Å². The van der Waals surface area contributed by atoms with Gasteiger partial charge in [-0.1, -0.05) is 75.2 Å². The van der Waals surface area contributed by atoms with Crippen LogP contribution < -0.4 is 0 Å². The Hall–Kier alpha value is 0. The van der Waals surface area contributed by atoms with Crippen molar-refractivity contribution in [1.29, 1.82) is 0 Å². The second kappa shape index (κ2) is 4.47. The number of hydrogen-bond donors (Lipinski definition) is 0. The van der Waals surface area contributed by atoms with Crippen LogP contribution in [0.3, 0.4) is 0 Å². The Morgan fingerprint density at radius 2 is 1.27 bits per heavy atom. The van der Waals surface area contributed by atoms with Crippen molar-refractivity contribution < 1.29 is 0 Å². The molecule has 0 aliphatic carbocycles. The SMILES string of the molecule is CCC(C)C(C)(C(C)(C)C)C(C)(C)CC. The lowest BCUT2D eigenvalue weighted by atomic mass is 9.48. The molecule has 0 bridgehead atoms. The van der Waals surface area contributed by atoms with Gasteiger partial charge in [-0.25, -0.2) is 0 Å². The van der Waals surface area contributed by atoms with Gasteiger partial charge in [0.1, 0.15) is 0 Å². The minimum absolute atomic E-state index is 0.363. The standard InChI is InChI=1S/C15H32/c1-10-12(3)15(9,13(4,5)6)14(7,8)11-2/h12H,10-11H2,1-9H3. The molecule has 0 rings (SSSR count). The summed E-state index contributed by atoms with van der Waals surface area (Å²) in [4.78, 5) is 0. The molecule has 0 N–H and O–H groups in total. The van der Waals surface area contributed by atoms with Gasteiger partial charge < -0.3 is 0 Å². The van der Waals surface area contributed by atoms with Gasteiger partial charge in [0.05, 0.1) is 0 Å². The van der Waals surface area contributed by atoms with Crippen LogP contribution in [0.5, 0.6) is 0 Å². The van der Waals surface area contributed by atoms with Gasteiger partial charge in [0, 0.05) is 0 Å². The summed E-state index contributed by atoms with van der Waals surface area (Å²) in [5, 5.41) is 0. The van der Waals surface area contributed by atoms with Crippen LogP contribution in [0.4, 0.5) is 0 Å². The van der Waals surface area contributed by atoms with Crippen LogP contribution in [-0.4, -0.2) is 0 Å². The quantitative estimate of drug-likeness (QED) is 0.575. The average Bonchev–Trinajstić information content (AvgIpc) is 2.13. The van der Waals surface area contributed by atoms with Gasteiger partial charge in [0.25, 0.3) is 0 Å². The van der Waals surface area contributed by atoms with Crippen molar-refractivity contribution in [3.63, 3.8) is 0 Å². The summed E-state index contributed by atoms with van der Waals surface area (Å²) < 4.78 is 0. The fraction of sp³-hybridized carbons (Fsp3) is 1.00. The highest BCUT2D eigenvalue weighted by Gasteiger charge is 2.50. The Kier molecular flexibility index (Phi) is 4.47. The molecule has 0 aromatic rings. The molecule has 0 saturated carbocycles. The molecule has 0 spiro atoms. The van der Waals surface area contributed by atoms with E-state index < -0.39 is 0 Å². The Morgan fingerprint density at radius 1 is 0.867 bits per heavy atom. The molecule has 0 amide bonds. The van der Waals surface area contributed by atoms with Crippen LogP contribution in [0, 0.1) is 22.2 Å². The highest BCUT2D eigenvalue weighted by atomic mass is 14.5. The Balaban J connectivity index is 5.41. The van der Waals surface area contributed by atoms with Crippen molar-refractivity contribution in [3.8, 4) is 0 Å². The van der Waals surface area contributed by atoms with Crippen molar-refractivity contribution in [2.75, 3.05) is 0 Å². The van der Waals surface area contributed by atoms with Crippen LogP contribution in [0.25, 0.3) is 0 Å². The molecule has 0 nitrogen and oxygen atoms in total. The Morgan fingerprint density at radius 3 is 1.47 bits per heavy atom. The van der Waals surface area contributed by atoms with E-state index in [0.717, 1.165) is 5.92 Å². The summed E-state index contributed by atoms with van der Waals surface area (Å²) in [6, 6.07) is 0. The molecule has 15 heavy (non-hydrogen) atoms. The maximum absolute atomic E-state index is 2.49. The third-order valence-corrected chi connectivity index (χ3v) is 5.45. The van der Waals surface area contributed by atoms with E-state index in [2.05, 4.69) is 62.3 Å².